The first kappa shape index (κ1) is 14.7. The second kappa shape index (κ2) is 6.29. The number of pyridine rings is 1. The lowest BCUT2D eigenvalue weighted by Gasteiger charge is -2.08. The molecule has 1 aromatic carbocycles. The van der Waals surface area contributed by atoms with Gasteiger partial charge >= 0.3 is 0 Å². The maximum Gasteiger partial charge on any atom is 0.145 e. The highest BCUT2D eigenvalue weighted by Crippen LogP contribution is 2.24. The highest BCUT2D eigenvalue weighted by molar-refractivity contribution is 7.71. The molecular formula is C15H12ClN3O2S. The zero-order chi connectivity index (χ0) is 15.5. The Morgan fingerprint density at radius 1 is 1.05 bits per heavy atom. The third-order valence-corrected chi connectivity index (χ3v) is 3.99. The van der Waals surface area contributed by atoms with E-state index >= 15 is 0 Å². The van der Waals surface area contributed by atoms with Crippen LogP contribution in [-0.2, 0) is 16.5 Å². The van der Waals surface area contributed by atoms with Crippen molar-refractivity contribution in [2.24, 2.45) is 0 Å². The Hall–Kier alpha value is -2.18. The van der Waals surface area contributed by atoms with Crippen LogP contribution in [0.4, 0.5) is 0 Å². The molecule has 0 aliphatic heterocycles. The molecule has 0 saturated carbocycles. The third kappa shape index (κ3) is 3.18. The summed E-state index contributed by atoms with van der Waals surface area (Å²) in [5.41, 5.74) is 3.22. The second-order valence-corrected chi connectivity index (χ2v) is 6.07. The zero-order valence-corrected chi connectivity index (χ0v) is 13.0. The van der Waals surface area contributed by atoms with Crippen molar-refractivity contribution in [3.63, 3.8) is 0 Å². The topological polar surface area (TPSA) is 64.8 Å². The molecular weight excluding hydrogens is 322 g/mol. The van der Waals surface area contributed by atoms with Crippen molar-refractivity contribution in [3.05, 3.63) is 65.8 Å². The van der Waals surface area contributed by atoms with Gasteiger partial charge in [0.05, 0.1) is 41.5 Å². The largest absolute Gasteiger partial charge is 0.297 e. The third-order valence-electron chi connectivity index (χ3n) is 3.16. The standard InChI is InChI=1S/C15H12ClN3O2S/c16-12-3-1-11(2-4-12)15-8-17-10-19(15)14-6-5-13(18-7-14)9-22(20)21/h1-8,10,22H,9H2. The first-order chi connectivity index (χ1) is 10.6. The van der Waals surface area contributed by atoms with E-state index in [1.807, 2.05) is 34.9 Å². The Bertz CT molecular complexity index is 847. The number of benzene rings is 1. The first-order valence-electron chi connectivity index (χ1n) is 6.49. The van der Waals surface area contributed by atoms with Crippen molar-refractivity contribution >= 4 is 22.3 Å². The molecule has 0 bridgehead atoms. The van der Waals surface area contributed by atoms with Crippen LogP contribution in [0.3, 0.4) is 0 Å². The molecule has 0 fully saturated rings. The first-order valence-corrected chi connectivity index (χ1v) is 8.23. The number of aromatic nitrogens is 3. The van der Waals surface area contributed by atoms with Crippen LogP contribution in [0.15, 0.2) is 55.1 Å². The predicted octanol–water partition coefficient (Wildman–Crippen LogP) is 2.70. The zero-order valence-electron chi connectivity index (χ0n) is 11.4. The molecule has 112 valence electrons. The highest BCUT2D eigenvalue weighted by Gasteiger charge is 2.07. The molecule has 3 rings (SSSR count). The molecule has 0 N–H and O–H groups in total. The number of halogens is 1. The van der Waals surface area contributed by atoms with Crippen molar-refractivity contribution in [2.45, 2.75) is 5.75 Å². The average Bonchev–Trinajstić information content (AvgIpc) is 2.97. The van der Waals surface area contributed by atoms with E-state index in [1.54, 1.807) is 24.8 Å². The monoisotopic (exact) mass is 333 g/mol. The Balaban J connectivity index is 1.96. The van der Waals surface area contributed by atoms with E-state index in [0.717, 1.165) is 16.9 Å². The van der Waals surface area contributed by atoms with Crippen LogP contribution in [-0.4, -0.2) is 23.0 Å². The van der Waals surface area contributed by atoms with Crippen LogP contribution in [0.5, 0.6) is 0 Å². The van der Waals surface area contributed by atoms with Gasteiger partial charge in [0.2, 0.25) is 0 Å². The van der Waals surface area contributed by atoms with Gasteiger partial charge in [-0.05, 0) is 24.3 Å². The molecule has 0 unspecified atom stereocenters. The van der Waals surface area contributed by atoms with Crippen LogP contribution in [0.25, 0.3) is 16.9 Å². The van der Waals surface area contributed by atoms with E-state index in [-0.39, 0.29) is 5.75 Å². The van der Waals surface area contributed by atoms with E-state index in [2.05, 4.69) is 9.97 Å². The summed E-state index contributed by atoms with van der Waals surface area (Å²) >= 11 is 5.91. The van der Waals surface area contributed by atoms with Gasteiger partial charge in [0.25, 0.3) is 0 Å². The van der Waals surface area contributed by atoms with Crippen LogP contribution in [0.2, 0.25) is 5.02 Å². The molecule has 2 heterocycles. The fourth-order valence-electron chi connectivity index (χ4n) is 2.12. The Kier molecular flexibility index (Phi) is 4.22. The average molecular weight is 334 g/mol. The Labute approximate surface area is 134 Å². The van der Waals surface area contributed by atoms with Crippen molar-refractivity contribution < 1.29 is 8.42 Å². The van der Waals surface area contributed by atoms with Gasteiger partial charge < -0.3 is 0 Å². The van der Waals surface area contributed by atoms with Gasteiger partial charge in [-0.1, -0.05) is 23.7 Å². The van der Waals surface area contributed by atoms with E-state index in [9.17, 15) is 8.42 Å². The summed E-state index contributed by atoms with van der Waals surface area (Å²) in [5.74, 6) is -0.0520. The number of hydrogen-bond donors (Lipinski definition) is 1. The van der Waals surface area contributed by atoms with E-state index in [4.69, 9.17) is 11.6 Å². The maximum atomic E-state index is 10.7. The summed E-state index contributed by atoms with van der Waals surface area (Å²) < 4.78 is 23.3. The quantitative estimate of drug-likeness (QED) is 0.746. The van der Waals surface area contributed by atoms with Crippen LogP contribution < -0.4 is 0 Å². The summed E-state index contributed by atoms with van der Waals surface area (Å²) in [6.07, 6.45) is 5.08. The van der Waals surface area contributed by atoms with E-state index in [1.165, 1.54) is 0 Å². The minimum Gasteiger partial charge on any atom is -0.297 e. The highest BCUT2D eigenvalue weighted by atomic mass is 35.5. The van der Waals surface area contributed by atoms with Gasteiger partial charge in [-0.3, -0.25) is 9.55 Å². The molecule has 0 amide bonds. The predicted molar refractivity (Wildman–Crippen MR) is 85.8 cm³/mol. The van der Waals surface area contributed by atoms with Gasteiger partial charge in [0.15, 0.2) is 0 Å². The lowest BCUT2D eigenvalue weighted by atomic mass is 10.1. The maximum absolute atomic E-state index is 10.7. The molecule has 5 nitrogen and oxygen atoms in total. The SMILES string of the molecule is O=[SH](=O)Cc1ccc(-n2cncc2-c2ccc(Cl)cc2)cn1. The summed E-state index contributed by atoms with van der Waals surface area (Å²) in [7, 11) is -2.47. The number of imidazole rings is 1. The van der Waals surface area contributed by atoms with Crippen molar-refractivity contribution in [3.8, 4) is 16.9 Å². The Morgan fingerprint density at radius 2 is 1.82 bits per heavy atom. The molecule has 22 heavy (non-hydrogen) atoms. The molecule has 3 aromatic rings. The normalized spacial score (nSPS) is 11.0. The molecule has 0 atom stereocenters. The van der Waals surface area contributed by atoms with E-state index in [0.29, 0.717) is 10.7 Å². The van der Waals surface area contributed by atoms with Gasteiger partial charge in [-0.2, -0.15) is 0 Å². The molecule has 2 aromatic heterocycles. The number of hydrogen-bond acceptors (Lipinski definition) is 4. The summed E-state index contributed by atoms with van der Waals surface area (Å²) in [4.78, 5) is 8.34. The molecule has 0 radical (unpaired) electrons. The molecule has 0 saturated heterocycles. The summed E-state index contributed by atoms with van der Waals surface area (Å²) in [6, 6.07) is 11.0. The van der Waals surface area contributed by atoms with Crippen molar-refractivity contribution in [2.75, 3.05) is 0 Å². The van der Waals surface area contributed by atoms with Gasteiger partial charge in [-0.15, -0.1) is 0 Å². The molecule has 0 aliphatic rings. The van der Waals surface area contributed by atoms with Crippen LogP contribution in [0, 0.1) is 0 Å². The van der Waals surface area contributed by atoms with Crippen molar-refractivity contribution in [1.29, 1.82) is 0 Å². The molecule has 0 spiro atoms. The van der Waals surface area contributed by atoms with Crippen LogP contribution in [0.1, 0.15) is 5.69 Å². The van der Waals surface area contributed by atoms with Crippen molar-refractivity contribution in [1.82, 2.24) is 14.5 Å². The summed E-state index contributed by atoms with van der Waals surface area (Å²) in [6.45, 7) is 0. The van der Waals surface area contributed by atoms with Crippen LogP contribution >= 0.6 is 11.6 Å². The fourth-order valence-corrected chi connectivity index (χ4v) is 2.70. The fraction of sp³-hybridized carbons (Fsp3) is 0.0667. The second-order valence-electron chi connectivity index (χ2n) is 4.65. The van der Waals surface area contributed by atoms with Gasteiger partial charge in [0.1, 0.15) is 10.7 Å². The number of thiol groups is 1. The number of rotatable bonds is 4. The van der Waals surface area contributed by atoms with Gasteiger partial charge in [0, 0.05) is 10.6 Å². The van der Waals surface area contributed by atoms with E-state index < -0.39 is 10.7 Å². The smallest absolute Gasteiger partial charge is 0.145 e. The summed E-state index contributed by atoms with van der Waals surface area (Å²) in [5, 5.41) is 0.674. The molecule has 0 aliphatic carbocycles. The minimum atomic E-state index is -2.47. The van der Waals surface area contributed by atoms with Gasteiger partial charge in [-0.25, -0.2) is 13.4 Å². The minimum absolute atomic E-state index is 0.0520. The molecule has 7 heteroatoms. The lowest BCUT2D eigenvalue weighted by molar-refractivity contribution is 0.613. The Morgan fingerprint density at radius 3 is 2.45 bits per heavy atom. The lowest BCUT2D eigenvalue weighted by Crippen LogP contribution is -1.98. The number of nitrogens with zero attached hydrogens (tertiary/aromatic N) is 3.